The molecule has 1 aliphatic rings. The van der Waals surface area contributed by atoms with Crippen molar-refractivity contribution in [1.29, 1.82) is 5.41 Å². The molecule has 0 fully saturated rings. The Kier molecular flexibility index (Phi) is 4.20. The Morgan fingerprint density at radius 3 is 2.71 bits per heavy atom. The molecule has 1 aromatic rings. The van der Waals surface area contributed by atoms with Crippen LogP contribution in [-0.2, 0) is 0 Å². The van der Waals surface area contributed by atoms with E-state index in [-0.39, 0.29) is 17.5 Å². The Balaban J connectivity index is 2.12. The predicted molar refractivity (Wildman–Crippen MR) is 73.5 cm³/mol. The lowest BCUT2D eigenvalue weighted by Gasteiger charge is -2.16. The largest absolute Gasteiger partial charge is 0.507 e. The zero-order valence-corrected chi connectivity index (χ0v) is 11.5. The Morgan fingerprint density at radius 2 is 2.10 bits per heavy atom. The van der Waals surface area contributed by atoms with Crippen LogP contribution < -0.4 is 0 Å². The van der Waals surface area contributed by atoms with Gasteiger partial charge in [0.05, 0.1) is 18.7 Å². The van der Waals surface area contributed by atoms with Crippen LogP contribution >= 0.6 is 0 Å². The minimum Gasteiger partial charge on any atom is -0.507 e. The molecule has 1 aromatic carbocycles. The molecule has 1 atom stereocenters. The van der Waals surface area contributed by atoms with Gasteiger partial charge in [0.1, 0.15) is 11.6 Å². The number of alkyl halides is 3. The van der Waals surface area contributed by atoms with Gasteiger partial charge in [0.15, 0.2) is 0 Å². The maximum Gasteiger partial charge on any atom is 0.389 e. The van der Waals surface area contributed by atoms with Crippen LogP contribution in [0, 0.1) is 11.3 Å². The highest BCUT2D eigenvalue weighted by Gasteiger charge is 2.31. The van der Waals surface area contributed by atoms with Crippen molar-refractivity contribution in [3.8, 4) is 5.75 Å². The molecule has 0 aromatic heterocycles. The molecule has 0 saturated heterocycles. The molecule has 1 heterocycles. The summed E-state index contributed by atoms with van der Waals surface area (Å²) < 4.78 is 36.6. The molecule has 7 heteroatoms. The van der Waals surface area contributed by atoms with Gasteiger partial charge in [-0.15, -0.1) is 0 Å². The highest BCUT2D eigenvalue weighted by molar-refractivity contribution is 6.06. The van der Waals surface area contributed by atoms with Gasteiger partial charge in [0.2, 0.25) is 0 Å². The second kappa shape index (κ2) is 5.75. The first-order chi connectivity index (χ1) is 9.78. The van der Waals surface area contributed by atoms with Crippen LogP contribution in [0.5, 0.6) is 5.75 Å². The first-order valence-corrected chi connectivity index (χ1v) is 6.56. The van der Waals surface area contributed by atoms with Crippen molar-refractivity contribution in [2.24, 2.45) is 11.0 Å². The molecule has 0 saturated carbocycles. The number of para-hydroxylation sites is 1. The molecule has 0 aliphatic carbocycles. The highest BCUT2D eigenvalue weighted by Crippen LogP contribution is 2.27. The number of aromatic hydroxyl groups is 1. The summed E-state index contributed by atoms with van der Waals surface area (Å²) in [6.45, 7) is 2.21. The van der Waals surface area contributed by atoms with Gasteiger partial charge in [-0.05, 0) is 12.1 Å². The van der Waals surface area contributed by atoms with Crippen LogP contribution in [0.4, 0.5) is 13.2 Å². The lowest BCUT2D eigenvalue weighted by molar-refractivity contribution is -0.133. The number of hydrazone groups is 1. The van der Waals surface area contributed by atoms with Gasteiger partial charge in [0, 0.05) is 17.9 Å². The number of nitrogens with one attached hydrogen (secondary N) is 1. The van der Waals surface area contributed by atoms with Gasteiger partial charge in [-0.3, -0.25) is 10.4 Å². The molecule has 2 rings (SSSR count). The van der Waals surface area contributed by atoms with Gasteiger partial charge in [-0.25, -0.2) is 0 Å². The monoisotopic (exact) mass is 299 g/mol. The van der Waals surface area contributed by atoms with E-state index in [2.05, 4.69) is 5.10 Å². The molecular weight excluding hydrogens is 283 g/mol. The average Bonchev–Trinajstić information content (AvgIpc) is 2.78. The molecule has 21 heavy (non-hydrogen) atoms. The normalized spacial score (nSPS) is 18.8. The SMILES string of the molecule is CC1CN(C(=N)CCC(F)(F)F)N=C1c1ccccc1O. The summed E-state index contributed by atoms with van der Waals surface area (Å²) in [5.74, 6) is -0.152. The van der Waals surface area contributed by atoms with E-state index < -0.39 is 19.0 Å². The number of hydrogen-bond donors (Lipinski definition) is 2. The third-order valence-electron chi connectivity index (χ3n) is 3.28. The number of benzene rings is 1. The molecule has 0 bridgehead atoms. The van der Waals surface area contributed by atoms with E-state index >= 15 is 0 Å². The van der Waals surface area contributed by atoms with Crippen molar-refractivity contribution in [2.45, 2.75) is 25.9 Å². The van der Waals surface area contributed by atoms with Crippen LogP contribution in [-0.4, -0.2) is 34.4 Å². The molecule has 0 spiro atoms. The summed E-state index contributed by atoms with van der Waals surface area (Å²) in [6, 6.07) is 6.67. The lowest BCUT2D eigenvalue weighted by atomic mass is 9.99. The second-order valence-electron chi connectivity index (χ2n) is 5.05. The van der Waals surface area contributed by atoms with E-state index in [9.17, 15) is 18.3 Å². The predicted octanol–water partition coefficient (Wildman–Crippen LogP) is 3.37. The van der Waals surface area contributed by atoms with E-state index in [0.29, 0.717) is 17.8 Å². The molecule has 1 aliphatic heterocycles. The number of hydrogen-bond acceptors (Lipinski definition) is 3. The molecule has 0 amide bonds. The lowest BCUT2D eigenvalue weighted by Crippen LogP contribution is -2.26. The van der Waals surface area contributed by atoms with Crippen molar-refractivity contribution in [3.63, 3.8) is 0 Å². The van der Waals surface area contributed by atoms with Crippen LogP contribution in [0.1, 0.15) is 25.3 Å². The third kappa shape index (κ3) is 3.74. The minimum atomic E-state index is -4.28. The van der Waals surface area contributed by atoms with Crippen molar-refractivity contribution >= 4 is 11.5 Å². The first-order valence-electron chi connectivity index (χ1n) is 6.56. The Morgan fingerprint density at radius 1 is 1.43 bits per heavy atom. The molecule has 114 valence electrons. The van der Waals surface area contributed by atoms with E-state index in [1.165, 1.54) is 11.1 Å². The zero-order valence-electron chi connectivity index (χ0n) is 11.5. The molecule has 2 N–H and O–H groups in total. The van der Waals surface area contributed by atoms with Crippen molar-refractivity contribution < 1.29 is 18.3 Å². The summed E-state index contributed by atoms with van der Waals surface area (Å²) in [5, 5.41) is 23.0. The Hall–Kier alpha value is -2.05. The first kappa shape index (κ1) is 15.3. The smallest absolute Gasteiger partial charge is 0.389 e. The zero-order chi connectivity index (χ0) is 15.6. The fraction of sp³-hybridized carbons (Fsp3) is 0.429. The number of nitrogens with zero attached hydrogens (tertiary/aromatic N) is 2. The van der Waals surface area contributed by atoms with Crippen LogP contribution in [0.25, 0.3) is 0 Å². The molecule has 0 radical (unpaired) electrons. The second-order valence-corrected chi connectivity index (χ2v) is 5.05. The standard InChI is InChI=1S/C14H16F3N3O/c1-9-8-20(12(18)6-7-14(15,16)17)19-13(9)10-4-2-3-5-11(10)21/h2-5,9,18,21H,6-8H2,1H3. The topological polar surface area (TPSA) is 59.7 Å². The van der Waals surface area contributed by atoms with Crippen LogP contribution in [0.2, 0.25) is 0 Å². The number of amidine groups is 1. The number of halogens is 3. The van der Waals surface area contributed by atoms with E-state index in [0.717, 1.165) is 0 Å². The summed E-state index contributed by atoms with van der Waals surface area (Å²) in [5.41, 5.74) is 1.14. The highest BCUT2D eigenvalue weighted by atomic mass is 19.4. The number of rotatable bonds is 3. The number of phenolic OH excluding ortho intramolecular Hbond substituents is 1. The maximum absolute atomic E-state index is 12.2. The molecule has 1 unspecified atom stereocenters. The fourth-order valence-electron chi connectivity index (χ4n) is 2.18. The maximum atomic E-state index is 12.2. The van der Waals surface area contributed by atoms with Gasteiger partial charge in [0.25, 0.3) is 0 Å². The van der Waals surface area contributed by atoms with Gasteiger partial charge in [-0.1, -0.05) is 19.1 Å². The van der Waals surface area contributed by atoms with Gasteiger partial charge >= 0.3 is 6.18 Å². The van der Waals surface area contributed by atoms with Crippen molar-refractivity contribution in [3.05, 3.63) is 29.8 Å². The van der Waals surface area contributed by atoms with Gasteiger partial charge < -0.3 is 5.11 Å². The minimum absolute atomic E-state index is 0.0652. The van der Waals surface area contributed by atoms with Gasteiger partial charge in [-0.2, -0.15) is 18.3 Å². The van der Waals surface area contributed by atoms with E-state index in [1.54, 1.807) is 18.2 Å². The quantitative estimate of drug-likeness (QED) is 0.664. The summed E-state index contributed by atoms with van der Waals surface area (Å²) in [7, 11) is 0. The summed E-state index contributed by atoms with van der Waals surface area (Å²) in [4.78, 5) is 0. The van der Waals surface area contributed by atoms with Crippen molar-refractivity contribution in [1.82, 2.24) is 5.01 Å². The fourth-order valence-corrected chi connectivity index (χ4v) is 2.18. The van der Waals surface area contributed by atoms with E-state index in [4.69, 9.17) is 5.41 Å². The average molecular weight is 299 g/mol. The van der Waals surface area contributed by atoms with Crippen molar-refractivity contribution in [2.75, 3.05) is 6.54 Å². The van der Waals surface area contributed by atoms with Crippen LogP contribution in [0.3, 0.4) is 0 Å². The molecular formula is C14H16F3N3O. The van der Waals surface area contributed by atoms with E-state index in [1.807, 2.05) is 6.92 Å². The number of phenols is 1. The van der Waals surface area contributed by atoms with Crippen LogP contribution in [0.15, 0.2) is 29.4 Å². The third-order valence-corrected chi connectivity index (χ3v) is 3.28. The summed E-state index contributed by atoms with van der Waals surface area (Å²) in [6.07, 6.45) is -5.70. The summed E-state index contributed by atoms with van der Waals surface area (Å²) >= 11 is 0. The Bertz CT molecular complexity index is 569. The Labute approximate surface area is 120 Å². The molecule has 4 nitrogen and oxygen atoms in total.